The van der Waals surface area contributed by atoms with Crippen LogP contribution in [0.4, 0.5) is 0 Å². The van der Waals surface area contributed by atoms with E-state index in [-0.39, 0.29) is 17.6 Å². The average molecular weight is 644 g/mol. The van der Waals surface area contributed by atoms with Gasteiger partial charge in [-0.05, 0) is 30.5 Å². The molecule has 0 spiro atoms. The molecule has 0 bridgehead atoms. The number of carbonyl (C=O) groups excluding carboxylic acids is 2. The zero-order valence-electron chi connectivity index (χ0n) is 30.3. The van der Waals surface area contributed by atoms with E-state index < -0.39 is 6.04 Å². The van der Waals surface area contributed by atoms with Crippen LogP contribution in [-0.4, -0.2) is 29.6 Å². The van der Waals surface area contributed by atoms with Gasteiger partial charge in [0.1, 0.15) is 11.8 Å². The molecule has 0 aliphatic carbocycles. The molecule has 0 unspecified atom stereocenters. The van der Waals surface area contributed by atoms with Crippen LogP contribution in [0.3, 0.4) is 0 Å². The molecule has 0 aromatic heterocycles. The summed E-state index contributed by atoms with van der Waals surface area (Å²) < 4.78 is 5.63. The largest absolute Gasteiger partial charge is 0.508 e. The molecule has 0 heterocycles. The van der Waals surface area contributed by atoms with E-state index in [4.69, 9.17) is 4.74 Å². The quantitative estimate of drug-likeness (QED) is 0.0590. The van der Waals surface area contributed by atoms with E-state index in [0.29, 0.717) is 19.4 Å². The lowest BCUT2D eigenvalue weighted by Gasteiger charge is -2.18. The molecule has 1 amide bonds. The predicted molar refractivity (Wildman–Crippen MR) is 195 cm³/mol. The lowest BCUT2D eigenvalue weighted by atomic mass is 10.0. The van der Waals surface area contributed by atoms with E-state index in [0.717, 1.165) is 31.2 Å². The number of hydrogen-bond acceptors (Lipinski definition) is 4. The van der Waals surface area contributed by atoms with Gasteiger partial charge in [0.2, 0.25) is 5.91 Å². The van der Waals surface area contributed by atoms with E-state index >= 15 is 0 Å². The molecule has 5 nitrogen and oxygen atoms in total. The minimum absolute atomic E-state index is 0.0831. The summed E-state index contributed by atoms with van der Waals surface area (Å²) in [4.78, 5) is 25.7. The highest BCUT2D eigenvalue weighted by molar-refractivity contribution is 5.84. The number of nitrogens with one attached hydrogen (secondary N) is 1. The monoisotopic (exact) mass is 644 g/mol. The predicted octanol–water partition coefficient (Wildman–Crippen LogP) is 11.9. The third kappa shape index (κ3) is 26.1. The summed E-state index contributed by atoms with van der Waals surface area (Å²) in [6, 6.07) is 6.11. The highest BCUT2D eigenvalue weighted by atomic mass is 16.5. The van der Waals surface area contributed by atoms with Gasteiger partial charge in [-0.15, -0.1) is 0 Å². The number of aromatic hydroxyl groups is 1. The number of amides is 1. The van der Waals surface area contributed by atoms with Crippen molar-refractivity contribution in [3.05, 3.63) is 29.8 Å². The van der Waals surface area contributed by atoms with E-state index in [1.807, 2.05) is 0 Å². The summed E-state index contributed by atoms with van der Waals surface area (Å²) >= 11 is 0. The van der Waals surface area contributed by atoms with E-state index in [2.05, 4.69) is 19.2 Å². The van der Waals surface area contributed by atoms with Crippen LogP contribution in [0, 0.1) is 0 Å². The third-order valence-electron chi connectivity index (χ3n) is 9.25. The van der Waals surface area contributed by atoms with Gasteiger partial charge in [0.15, 0.2) is 0 Å². The number of carbonyl (C=O) groups is 2. The van der Waals surface area contributed by atoms with Gasteiger partial charge in [0.25, 0.3) is 0 Å². The summed E-state index contributed by atoms with van der Waals surface area (Å²) in [5.74, 6) is -0.256. The molecule has 266 valence electrons. The Morgan fingerprint density at radius 2 is 0.935 bits per heavy atom. The van der Waals surface area contributed by atoms with Gasteiger partial charge in [-0.3, -0.25) is 4.79 Å². The van der Waals surface area contributed by atoms with Crippen molar-refractivity contribution in [2.45, 2.75) is 206 Å². The van der Waals surface area contributed by atoms with Crippen LogP contribution in [0.15, 0.2) is 24.3 Å². The zero-order valence-corrected chi connectivity index (χ0v) is 30.3. The van der Waals surface area contributed by atoms with Crippen molar-refractivity contribution in [2.75, 3.05) is 6.61 Å². The van der Waals surface area contributed by atoms with Gasteiger partial charge in [-0.25, -0.2) is 4.79 Å². The van der Waals surface area contributed by atoms with Crippen LogP contribution >= 0.6 is 0 Å². The molecule has 1 rings (SSSR count). The van der Waals surface area contributed by atoms with Gasteiger partial charge in [0.05, 0.1) is 6.61 Å². The van der Waals surface area contributed by atoms with Gasteiger partial charge < -0.3 is 15.2 Å². The molecule has 0 saturated carbocycles. The molecule has 0 aliphatic heterocycles. The van der Waals surface area contributed by atoms with E-state index in [1.54, 1.807) is 24.3 Å². The summed E-state index contributed by atoms with van der Waals surface area (Å²) in [6.45, 7) is 4.94. The Morgan fingerprint density at radius 3 is 1.35 bits per heavy atom. The second-order valence-corrected chi connectivity index (χ2v) is 13.7. The lowest BCUT2D eigenvalue weighted by Crippen LogP contribution is -2.43. The topological polar surface area (TPSA) is 75.6 Å². The number of benzene rings is 1. The Hall–Kier alpha value is -2.04. The maximum absolute atomic E-state index is 13.0. The minimum Gasteiger partial charge on any atom is -0.508 e. The SMILES string of the molecule is CCCCCCCCCCCCCCCCOC(=O)[C@H](Cc1ccc(O)cc1)NC(=O)CCCCCCCCCCCCCCC. The van der Waals surface area contributed by atoms with Crippen LogP contribution < -0.4 is 5.32 Å². The van der Waals surface area contributed by atoms with Crippen molar-refractivity contribution >= 4 is 11.9 Å². The molecule has 0 saturated heterocycles. The molecule has 0 aliphatic rings. The van der Waals surface area contributed by atoms with Crippen LogP contribution in [-0.2, 0) is 20.7 Å². The number of phenolic OH excluding ortho intramolecular Hbond substituents is 1. The molecule has 0 radical (unpaired) electrons. The molecular weight excluding hydrogens is 570 g/mol. The smallest absolute Gasteiger partial charge is 0.328 e. The average Bonchev–Trinajstić information content (AvgIpc) is 3.05. The lowest BCUT2D eigenvalue weighted by molar-refractivity contribution is -0.148. The summed E-state index contributed by atoms with van der Waals surface area (Å²) in [5.41, 5.74) is 0.887. The Balaban J connectivity index is 2.19. The Labute approximate surface area is 284 Å². The van der Waals surface area contributed by atoms with Crippen molar-refractivity contribution in [3.8, 4) is 5.75 Å². The molecule has 2 N–H and O–H groups in total. The Morgan fingerprint density at radius 1 is 0.565 bits per heavy atom. The molecule has 46 heavy (non-hydrogen) atoms. The molecule has 1 atom stereocenters. The number of esters is 1. The Bertz CT molecular complexity index is 824. The zero-order chi connectivity index (χ0) is 33.3. The normalized spacial score (nSPS) is 11.9. The van der Waals surface area contributed by atoms with Crippen molar-refractivity contribution in [1.82, 2.24) is 5.32 Å². The molecule has 1 aromatic rings. The Kier molecular flexibility index (Phi) is 28.8. The molecule has 1 aromatic carbocycles. The summed E-state index contributed by atoms with van der Waals surface area (Å²) in [7, 11) is 0. The summed E-state index contributed by atoms with van der Waals surface area (Å²) in [5, 5.41) is 12.6. The van der Waals surface area contributed by atoms with Gasteiger partial charge in [0, 0.05) is 12.8 Å². The van der Waals surface area contributed by atoms with Gasteiger partial charge in [-0.2, -0.15) is 0 Å². The van der Waals surface area contributed by atoms with Gasteiger partial charge >= 0.3 is 5.97 Å². The first kappa shape index (κ1) is 42.0. The summed E-state index contributed by atoms with van der Waals surface area (Å²) in [6.07, 6.45) is 35.4. The number of rotatable bonds is 33. The van der Waals surface area contributed by atoms with Crippen molar-refractivity contribution in [1.29, 1.82) is 0 Å². The van der Waals surface area contributed by atoms with Crippen LogP contribution in [0.5, 0.6) is 5.75 Å². The van der Waals surface area contributed by atoms with Crippen molar-refractivity contribution < 1.29 is 19.4 Å². The molecule has 0 fully saturated rings. The number of ether oxygens (including phenoxy) is 1. The van der Waals surface area contributed by atoms with E-state index in [9.17, 15) is 14.7 Å². The van der Waals surface area contributed by atoms with Crippen LogP contribution in [0.25, 0.3) is 0 Å². The second-order valence-electron chi connectivity index (χ2n) is 13.7. The standard InChI is InChI=1S/C41H73NO4/c1-3-5-7-9-11-13-15-17-19-21-23-25-27-29-35-46-41(45)39(36-37-31-33-38(43)34-32-37)42-40(44)30-28-26-24-22-20-18-16-14-12-10-8-6-4-2/h31-34,39,43H,3-30,35-36H2,1-2H3,(H,42,44)/t39-/m0/s1. The molecule has 5 heteroatoms. The number of phenols is 1. The highest BCUT2D eigenvalue weighted by Gasteiger charge is 2.22. The maximum Gasteiger partial charge on any atom is 0.328 e. The minimum atomic E-state index is -0.703. The number of hydrogen-bond donors (Lipinski definition) is 2. The highest BCUT2D eigenvalue weighted by Crippen LogP contribution is 2.16. The van der Waals surface area contributed by atoms with Crippen molar-refractivity contribution in [3.63, 3.8) is 0 Å². The van der Waals surface area contributed by atoms with Crippen LogP contribution in [0.2, 0.25) is 0 Å². The first-order chi connectivity index (χ1) is 22.6. The molecular formula is C41H73NO4. The van der Waals surface area contributed by atoms with E-state index in [1.165, 1.54) is 148 Å². The van der Waals surface area contributed by atoms with Crippen LogP contribution in [0.1, 0.15) is 199 Å². The van der Waals surface area contributed by atoms with Gasteiger partial charge in [-0.1, -0.05) is 187 Å². The van der Waals surface area contributed by atoms with Crippen molar-refractivity contribution in [2.24, 2.45) is 0 Å². The first-order valence-electron chi connectivity index (χ1n) is 19.8. The first-order valence-corrected chi connectivity index (χ1v) is 19.8. The fourth-order valence-electron chi connectivity index (χ4n) is 6.20. The third-order valence-corrected chi connectivity index (χ3v) is 9.25. The second kappa shape index (κ2) is 31.6. The fraction of sp³-hybridized carbons (Fsp3) is 0.805. The fourth-order valence-corrected chi connectivity index (χ4v) is 6.20. The maximum atomic E-state index is 13.0. The number of unbranched alkanes of at least 4 members (excludes halogenated alkanes) is 25.